The van der Waals surface area contributed by atoms with E-state index in [2.05, 4.69) is 67.1 Å². The van der Waals surface area contributed by atoms with Crippen LogP contribution < -0.4 is 0 Å². The normalized spacial score (nSPS) is 18.8. The Kier molecular flexibility index (Phi) is 4.21. The lowest BCUT2D eigenvalue weighted by atomic mass is 9.94. The van der Waals surface area contributed by atoms with E-state index in [1.807, 2.05) is 6.07 Å². The molecule has 1 atom stereocenters. The SMILES string of the molecule is C=C(c1ccccc1)c1cccc(CC2CCN(C)C2)c1. The molecule has 21 heavy (non-hydrogen) atoms. The molecule has 3 rings (SSSR count). The van der Waals surface area contributed by atoms with Gasteiger partial charge in [-0.2, -0.15) is 0 Å². The van der Waals surface area contributed by atoms with E-state index in [-0.39, 0.29) is 0 Å². The molecule has 1 aliphatic heterocycles. The summed E-state index contributed by atoms with van der Waals surface area (Å²) in [5.41, 5.74) is 4.99. The molecule has 1 fully saturated rings. The first-order valence-corrected chi connectivity index (χ1v) is 7.74. The van der Waals surface area contributed by atoms with Crippen LogP contribution in [-0.4, -0.2) is 25.0 Å². The van der Waals surface area contributed by atoms with Crippen LogP contribution in [0.25, 0.3) is 5.57 Å². The molecule has 1 heterocycles. The fourth-order valence-electron chi connectivity index (χ4n) is 3.22. The van der Waals surface area contributed by atoms with E-state index in [9.17, 15) is 0 Å². The van der Waals surface area contributed by atoms with Crippen LogP contribution in [0.2, 0.25) is 0 Å². The van der Waals surface area contributed by atoms with E-state index < -0.39 is 0 Å². The van der Waals surface area contributed by atoms with Gasteiger partial charge in [-0.25, -0.2) is 0 Å². The molecular weight excluding hydrogens is 254 g/mol. The summed E-state index contributed by atoms with van der Waals surface area (Å²) in [4.78, 5) is 2.43. The first-order chi connectivity index (χ1) is 10.2. The van der Waals surface area contributed by atoms with Crippen LogP contribution in [-0.2, 0) is 6.42 Å². The van der Waals surface area contributed by atoms with Gasteiger partial charge in [0.15, 0.2) is 0 Å². The van der Waals surface area contributed by atoms with Gasteiger partial charge in [0.1, 0.15) is 0 Å². The molecule has 1 heteroatoms. The molecular formula is C20H23N. The van der Waals surface area contributed by atoms with Gasteiger partial charge in [-0.3, -0.25) is 0 Å². The van der Waals surface area contributed by atoms with Crippen LogP contribution in [0.5, 0.6) is 0 Å². The number of nitrogens with zero attached hydrogens (tertiary/aromatic N) is 1. The Morgan fingerprint density at radius 1 is 1.10 bits per heavy atom. The molecule has 108 valence electrons. The van der Waals surface area contributed by atoms with Gasteiger partial charge >= 0.3 is 0 Å². The van der Waals surface area contributed by atoms with Gasteiger partial charge in [0.2, 0.25) is 0 Å². The molecule has 0 radical (unpaired) electrons. The molecule has 2 aromatic rings. The Bertz CT molecular complexity index is 615. The molecule has 0 aromatic heterocycles. The summed E-state index contributed by atoms with van der Waals surface area (Å²) >= 11 is 0. The summed E-state index contributed by atoms with van der Waals surface area (Å²) in [5, 5.41) is 0. The van der Waals surface area contributed by atoms with Gasteiger partial charge < -0.3 is 4.90 Å². The second kappa shape index (κ2) is 6.28. The van der Waals surface area contributed by atoms with Crippen molar-refractivity contribution in [3.8, 4) is 0 Å². The minimum atomic E-state index is 0.801. The van der Waals surface area contributed by atoms with Crippen LogP contribution >= 0.6 is 0 Å². The molecule has 1 aliphatic rings. The molecule has 0 amide bonds. The largest absolute Gasteiger partial charge is 0.306 e. The molecule has 0 spiro atoms. The van der Waals surface area contributed by atoms with Crippen molar-refractivity contribution in [1.82, 2.24) is 4.90 Å². The molecule has 0 saturated carbocycles. The van der Waals surface area contributed by atoms with Crippen molar-refractivity contribution in [2.24, 2.45) is 5.92 Å². The molecule has 1 unspecified atom stereocenters. The Hall–Kier alpha value is -1.86. The van der Waals surface area contributed by atoms with Crippen molar-refractivity contribution >= 4 is 5.57 Å². The van der Waals surface area contributed by atoms with Gasteiger partial charge in [-0.05, 0) is 54.6 Å². The van der Waals surface area contributed by atoms with Crippen molar-refractivity contribution in [2.75, 3.05) is 20.1 Å². The summed E-state index contributed by atoms with van der Waals surface area (Å²) in [6.45, 7) is 6.74. The number of likely N-dealkylation sites (tertiary alicyclic amines) is 1. The van der Waals surface area contributed by atoms with E-state index >= 15 is 0 Å². The van der Waals surface area contributed by atoms with Crippen LogP contribution in [0.1, 0.15) is 23.1 Å². The van der Waals surface area contributed by atoms with Crippen molar-refractivity contribution in [1.29, 1.82) is 0 Å². The van der Waals surface area contributed by atoms with E-state index in [1.54, 1.807) is 0 Å². The molecule has 2 aromatic carbocycles. The van der Waals surface area contributed by atoms with E-state index in [4.69, 9.17) is 0 Å². The van der Waals surface area contributed by atoms with Gasteiger partial charge in [0.25, 0.3) is 0 Å². The summed E-state index contributed by atoms with van der Waals surface area (Å²) in [6, 6.07) is 19.3. The first kappa shape index (κ1) is 14.1. The fraction of sp³-hybridized carbons (Fsp3) is 0.300. The molecule has 0 N–H and O–H groups in total. The second-order valence-electron chi connectivity index (χ2n) is 6.17. The van der Waals surface area contributed by atoms with Gasteiger partial charge in [0, 0.05) is 6.54 Å². The fourth-order valence-corrected chi connectivity index (χ4v) is 3.22. The van der Waals surface area contributed by atoms with E-state index in [0.717, 1.165) is 11.5 Å². The zero-order chi connectivity index (χ0) is 14.7. The Labute approximate surface area is 127 Å². The first-order valence-electron chi connectivity index (χ1n) is 7.74. The average Bonchev–Trinajstić information content (AvgIpc) is 2.93. The molecule has 0 bridgehead atoms. The predicted octanol–water partition coefficient (Wildman–Crippen LogP) is 4.24. The minimum Gasteiger partial charge on any atom is -0.306 e. The lowest BCUT2D eigenvalue weighted by Crippen LogP contribution is -2.15. The number of hydrogen-bond donors (Lipinski definition) is 0. The van der Waals surface area contributed by atoms with Crippen LogP contribution in [0, 0.1) is 5.92 Å². The zero-order valence-electron chi connectivity index (χ0n) is 12.8. The summed E-state index contributed by atoms with van der Waals surface area (Å²) < 4.78 is 0. The molecule has 1 saturated heterocycles. The highest BCUT2D eigenvalue weighted by atomic mass is 15.1. The zero-order valence-corrected chi connectivity index (χ0v) is 12.8. The minimum absolute atomic E-state index is 0.801. The maximum Gasteiger partial charge on any atom is 0.00103 e. The second-order valence-corrected chi connectivity index (χ2v) is 6.17. The summed E-state index contributed by atoms with van der Waals surface area (Å²) in [5.74, 6) is 0.801. The Balaban J connectivity index is 1.75. The third-order valence-corrected chi connectivity index (χ3v) is 4.41. The average molecular weight is 277 g/mol. The number of benzene rings is 2. The molecule has 0 aliphatic carbocycles. The maximum atomic E-state index is 4.27. The predicted molar refractivity (Wildman–Crippen MR) is 90.3 cm³/mol. The highest BCUT2D eigenvalue weighted by Gasteiger charge is 2.19. The van der Waals surface area contributed by atoms with E-state index in [0.29, 0.717) is 0 Å². The maximum absolute atomic E-state index is 4.27. The van der Waals surface area contributed by atoms with E-state index in [1.165, 1.54) is 42.6 Å². The monoisotopic (exact) mass is 277 g/mol. The number of rotatable bonds is 4. The van der Waals surface area contributed by atoms with Gasteiger partial charge in [-0.1, -0.05) is 61.2 Å². The Morgan fingerprint density at radius 2 is 1.86 bits per heavy atom. The van der Waals surface area contributed by atoms with Crippen LogP contribution in [0.4, 0.5) is 0 Å². The smallest absolute Gasteiger partial charge is 0.00103 e. The van der Waals surface area contributed by atoms with Crippen LogP contribution in [0.3, 0.4) is 0 Å². The number of hydrogen-bond acceptors (Lipinski definition) is 1. The molecule has 1 nitrogen and oxygen atoms in total. The standard InChI is InChI=1S/C20H23N/c1-16(19-8-4-3-5-9-19)20-10-6-7-17(14-20)13-18-11-12-21(2)15-18/h3-10,14,18H,1,11-13,15H2,2H3. The van der Waals surface area contributed by atoms with Gasteiger partial charge in [0.05, 0.1) is 0 Å². The lowest BCUT2D eigenvalue weighted by Gasteiger charge is -2.12. The summed E-state index contributed by atoms with van der Waals surface area (Å²) in [6.07, 6.45) is 2.50. The van der Waals surface area contributed by atoms with Crippen molar-refractivity contribution in [3.05, 3.63) is 77.9 Å². The van der Waals surface area contributed by atoms with Crippen LogP contribution in [0.15, 0.2) is 61.2 Å². The highest BCUT2D eigenvalue weighted by Crippen LogP contribution is 2.25. The topological polar surface area (TPSA) is 3.24 Å². The Morgan fingerprint density at radius 3 is 2.57 bits per heavy atom. The van der Waals surface area contributed by atoms with Crippen molar-refractivity contribution < 1.29 is 0 Å². The third kappa shape index (κ3) is 3.43. The third-order valence-electron chi connectivity index (χ3n) is 4.41. The van der Waals surface area contributed by atoms with Crippen molar-refractivity contribution in [3.63, 3.8) is 0 Å². The van der Waals surface area contributed by atoms with Crippen molar-refractivity contribution in [2.45, 2.75) is 12.8 Å². The highest BCUT2D eigenvalue weighted by molar-refractivity contribution is 5.78. The lowest BCUT2D eigenvalue weighted by molar-refractivity contribution is 0.394. The van der Waals surface area contributed by atoms with Gasteiger partial charge in [-0.15, -0.1) is 0 Å². The quantitative estimate of drug-likeness (QED) is 0.808. The summed E-state index contributed by atoms with van der Waals surface area (Å²) in [7, 11) is 2.22.